The minimum absolute atomic E-state index is 0.107. The topological polar surface area (TPSA) is 44.3 Å². The van der Waals surface area contributed by atoms with Crippen molar-refractivity contribution in [1.29, 1.82) is 0 Å². The largest absolute Gasteiger partial charge is 0.392 e. The second kappa shape index (κ2) is 6.74. The maximum atomic E-state index is 9.04. The second-order valence-electron chi connectivity index (χ2n) is 5.56. The average Bonchev–Trinajstić information content (AvgIpc) is 2.56. The van der Waals surface area contributed by atoms with Crippen molar-refractivity contribution in [2.45, 2.75) is 32.5 Å². The molecule has 3 heteroatoms. The quantitative estimate of drug-likeness (QED) is 0.790. The molecule has 110 valence electrons. The summed E-state index contributed by atoms with van der Waals surface area (Å²) >= 11 is 0. The number of fused-ring (bicyclic) bond motifs is 1. The molecule has 0 aliphatic carbocycles. The van der Waals surface area contributed by atoms with Crippen molar-refractivity contribution in [3.05, 3.63) is 64.7 Å². The van der Waals surface area contributed by atoms with E-state index >= 15 is 0 Å². The van der Waals surface area contributed by atoms with Crippen LogP contribution in [-0.2, 0) is 26.1 Å². The van der Waals surface area contributed by atoms with E-state index in [-0.39, 0.29) is 6.61 Å². The Morgan fingerprint density at radius 1 is 1.00 bits per heavy atom. The Hall–Kier alpha value is -1.84. The monoisotopic (exact) mass is 282 g/mol. The van der Waals surface area contributed by atoms with Crippen LogP contribution in [0.3, 0.4) is 0 Å². The molecule has 3 N–H and O–H groups in total. The molecule has 0 aromatic heterocycles. The first-order valence-corrected chi connectivity index (χ1v) is 7.61. The lowest BCUT2D eigenvalue weighted by molar-refractivity contribution is 0.282. The van der Waals surface area contributed by atoms with Gasteiger partial charge in [0.15, 0.2) is 0 Å². The molecular formula is C18H22N2O. The Balaban J connectivity index is 1.60. The highest BCUT2D eigenvalue weighted by atomic mass is 16.3. The fraction of sp³-hybridized carbons (Fsp3) is 0.333. The number of benzene rings is 2. The van der Waals surface area contributed by atoms with Gasteiger partial charge in [0, 0.05) is 25.3 Å². The Morgan fingerprint density at radius 2 is 1.81 bits per heavy atom. The molecule has 0 unspecified atom stereocenters. The number of nitrogens with one attached hydrogen (secondary N) is 2. The van der Waals surface area contributed by atoms with E-state index in [1.165, 1.54) is 35.2 Å². The minimum atomic E-state index is 0.107. The van der Waals surface area contributed by atoms with Crippen molar-refractivity contribution in [3.63, 3.8) is 0 Å². The Bertz CT molecular complexity index is 593. The summed E-state index contributed by atoms with van der Waals surface area (Å²) in [6.07, 6.45) is 2.40. The van der Waals surface area contributed by atoms with Crippen LogP contribution in [0.25, 0.3) is 0 Å². The van der Waals surface area contributed by atoms with E-state index in [9.17, 15) is 0 Å². The molecular weight excluding hydrogens is 260 g/mol. The number of rotatable bonds is 5. The van der Waals surface area contributed by atoms with Crippen LogP contribution in [0, 0.1) is 0 Å². The Kier molecular flexibility index (Phi) is 4.53. The molecule has 2 aromatic carbocycles. The zero-order valence-corrected chi connectivity index (χ0v) is 12.2. The summed E-state index contributed by atoms with van der Waals surface area (Å²) in [5.74, 6) is 0. The van der Waals surface area contributed by atoms with E-state index in [1.807, 2.05) is 12.1 Å². The highest BCUT2D eigenvalue weighted by molar-refractivity contribution is 5.59. The number of aryl methyl sites for hydroxylation is 1. The summed E-state index contributed by atoms with van der Waals surface area (Å²) in [6.45, 7) is 2.90. The van der Waals surface area contributed by atoms with Gasteiger partial charge in [-0.25, -0.2) is 0 Å². The molecule has 0 saturated heterocycles. The Morgan fingerprint density at radius 3 is 2.62 bits per heavy atom. The lowest BCUT2D eigenvalue weighted by atomic mass is 9.99. The molecule has 0 amide bonds. The maximum Gasteiger partial charge on any atom is 0.0681 e. The van der Waals surface area contributed by atoms with E-state index in [0.29, 0.717) is 0 Å². The van der Waals surface area contributed by atoms with Gasteiger partial charge in [0.05, 0.1) is 6.61 Å². The summed E-state index contributed by atoms with van der Waals surface area (Å²) in [5, 5.41) is 16.1. The van der Waals surface area contributed by atoms with E-state index in [2.05, 4.69) is 41.0 Å². The number of para-hydroxylation sites is 1. The van der Waals surface area contributed by atoms with Crippen molar-refractivity contribution in [3.8, 4) is 0 Å². The van der Waals surface area contributed by atoms with Crippen LogP contribution in [0.4, 0.5) is 5.69 Å². The molecule has 3 rings (SSSR count). The summed E-state index contributed by atoms with van der Waals surface area (Å²) < 4.78 is 0. The first kappa shape index (κ1) is 14.1. The van der Waals surface area contributed by atoms with Gasteiger partial charge in [0.2, 0.25) is 0 Å². The minimum Gasteiger partial charge on any atom is -0.392 e. The van der Waals surface area contributed by atoms with Crippen LogP contribution in [0.5, 0.6) is 0 Å². The van der Waals surface area contributed by atoms with Gasteiger partial charge >= 0.3 is 0 Å². The molecule has 0 bridgehead atoms. The molecule has 0 spiro atoms. The highest BCUT2D eigenvalue weighted by Crippen LogP contribution is 2.25. The zero-order chi connectivity index (χ0) is 14.5. The van der Waals surface area contributed by atoms with Crippen molar-refractivity contribution in [1.82, 2.24) is 5.32 Å². The predicted octanol–water partition coefficient (Wildman–Crippen LogP) is 2.83. The van der Waals surface area contributed by atoms with Crippen molar-refractivity contribution in [2.24, 2.45) is 0 Å². The van der Waals surface area contributed by atoms with E-state index in [4.69, 9.17) is 5.11 Å². The maximum absolute atomic E-state index is 9.04. The van der Waals surface area contributed by atoms with Crippen molar-refractivity contribution in [2.75, 3.05) is 11.9 Å². The van der Waals surface area contributed by atoms with Crippen LogP contribution in [-0.4, -0.2) is 11.7 Å². The van der Waals surface area contributed by atoms with E-state index < -0.39 is 0 Å². The third-order valence-electron chi connectivity index (χ3n) is 4.01. The molecule has 3 nitrogen and oxygen atoms in total. The van der Waals surface area contributed by atoms with E-state index in [0.717, 1.165) is 25.2 Å². The fourth-order valence-electron chi connectivity index (χ4n) is 2.83. The molecule has 21 heavy (non-hydrogen) atoms. The molecule has 0 radical (unpaired) electrons. The van der Waals surface area contributed by atoms with Gasteiger partial charge in [-0.3, -0.25) is 0 Å². The van der Waals surface area contributed by atoms with Crippen molar-refractivity contribution >= 4 is 5.69 Å². The van der Waals surface area contributed by atoms with Gasteiger partial charge in [0.1, 0.15) is 0 Å². The predicted molar refractivity (Wildman–Crippen MR) is 86.2 cm³/mol. The molecule has 0 saturated carbocycles. The van der Waals surface area contributed by atoms with Gasteiger partial charge in [0.25, 0.3) is 0 Å². The average molecular weight is 282 g/mol. The number of anilines is 1. The number of aliphatic hydroxyl groups excluding tert-OH is 1. The summed E-state index contributed by atoms with van der Waals surface area (Å²) in [6, 6.07) is 14.6. The van der Waals surface area contributed by atoms with Gasteiger partial charge in [-0.1, -0.05) is 42.5 Å². The normalized spacial score (nSPS) is 13.6. The summed E-state index contributed by atoms with van der Waals surface area (Å²) in [4.78, 5) is 0. The Labute approximate surface area is 126 Å². The third-order valence-corrected chi connectivity index (χ3v) is 4.01. The second-order valence-corrected chi connectivity index (χ2v) is 5.56. The third kappa shape index (κ3) is 3.43. The summed E-state index contributed by atoms with van der Waals surface area (Å²) in [7, 11) is 0. The smallest absolute Gasteiger partial charge is 0.0681 e. The SMILES string of the molecule is OCc1ccc(CNCc2cccc3c2NCCC3)cc1. The van der Waals surface area contributed by atoms with Crippen LogP contribution in [0.2, 0.25) is 0 Å². The standard InChI is InChI=1S/C18H22N2O/c21-13-15-8-6-14(7-9-15)11-19-12-17-4-1-3-16-5-2-10-20-18(16)17/h1,3-4,6-9,19-21H,2,5,10-13H2. The van der Waals surface area contributed by atoms with Crippen LogP contribution >= 0.6 is 0 Å². The van der Waals surface area contributed by atoms with Gasteiger partial charge in [-0.2, -0.15) is 0 Å². The highest BCUT2D eigenvalue weighted by Gasteiger charge is 2.11. The first-order valence-electron chi connectivity index (χ1n) is 7.61. The molecule has 2 aromatic rings. The van der Waals surface area contributed by atoms with Gasteiger partial charge < -0.3 is 15.7 Å². The lowest BCUT2D eigenvalue weighted by Crippen LogP contribution is -2.18. The first-order chi connectivity index (χ1) is 10.4. The molecule has 0 fully saturated rings. The van der Waals surface area contributed by atoms with Crippen LogP contribution in [0.1, 0.15) is 28.7 Å². The van der Waals surface area contributed by atoms with Crippen LogP contribution in [0.15, 0.2) is 42.5 Å². The molecule has 1 aliphatic heterocycles. The number of aliphatic hydroxyl groups is 1. The lowest BCUT2D eigenvalue weighted by Gasteiger charge is -2.21. The summed E-state index contributed by atoms with van der Waals surface area (Å²) in [5.41, 5.74) is 6.31. The van der Waals surface area contributed by atoms with Gasteiger partial charge in [-0.15, -0.1) is 0 Å². The molecule has 1 heterocycles. The molecule has 1 aliphatic rings. The number of hydrogen-bond acceptors (Lipinski definition) is 3. The molecule has 0 atom stereocenters. The van der Waals surface area contributed by atoms with Crippen LogP contribution < -0.4 is 10.6 Å². The van der Waals surface area contributed by atoms with E-state index in [1.54, 1.807) is 0 Å². The number of hydrogen-bond donors (Lipinski definition) is 3. The zero-order valence-electron chi connectivity index (χ0n) is 12.2. The fourth-order valence-corrected chi connectivity index (χ4v) is 2.83. The van der Waals surface area contributed by atoms with Gasteiger partial charge in [-0.05, 0) is 35.1 Å². The van der Waals surface area contributed by atoms with Crippen molar-refractivity contribution < 1.29 is 5.11 Å².